The van der Waals surface area contributed by atoms with Gasteiger partial charge in [-0.25, -0.2) is 0 Å². The van der Waals surface area contributed by atoms with Crippen molar-refractivity contribution in [1.82, 2.24) is 20.4 Å². The first-order valence-corrected chi connectivity index (χ1v) is 12.1. The lowest BCUT2D eigenvalue weighted by atomic mass is 9.89. The van der Waals surface area contributed by atoms with Crippen LogP contribution in [0.5, 0.6) is 5.75 Å². The molecule has 0 spiro atoms. The van der Waals surface area contributed by atoms with Crippen molar-refractivity contribution in [2.24, 2.45) is 0 Å². The molecule has 0 atom stereocenters. The summed E-state index contributed by atoms with van der Waals surface area (Å²) in [6, 6.07) is 12.6. The summed E-state index contributed by atoms with van der Waals surface area (Å²) in [4.78, 5) is 17.8. The van der Waals surface area contributed by atoms with Crippen LogP contribution < -0.4 is 15.0 Å². The molecule has 178 valence electrons. The van der Waals surface area contributed by atoms with Crippen LogP contribution in [0.15, 0.2) is 36.4 Å². The molecule has 2 N–H and O–H groups in total. The molecule has 0 saturated carbocycles. The van der Waals surface area contributed by atoms with Gasteiger partial charge in [0, 0.05) is 56.1 Å². The van der Waals surface area contributed by atoms with Gasteiger partial charge in [0.1, 0.15) is 11.4 Å². The van der Waals surface area contributed by atoms with E-state index < -0.39 is 0 Å². The van der Waals surface area contributed by atoms with Gasteiger partial charge < -0.3 is 15.0 Å². The highest BCUT2D eigenvalue weighted by atomic mass is 16.5. The zero-order chi connectivity index (χ0) is 23.7. The Hall–Kier alpha value is -3.32. The molecule has 2 aromatic carbocycles. The van der Waals surface area contributed by atoms with Crippen molar-refractivity contribution >= 4 is 11.6 Å². The molecule has 1 aliphatic heterocycles. The van der Waals surface area contributed by atoms with Gasteiger partial charge >= 0.3 is 0 Å². The van der Waals surface area contributed by atoms with Gasteiger partial charge in [-0.1, -0.05) is 12.1 Å². The van der Waals surface area contributed by atoms with Crippen molar-refractivity contribution in [2.75, 3.05) is 51.3 Å². The van der Waals surface area contributed by atoms with Crippen molar-refractivity contribution in [3.8, 4) is 17.0 Å². The number of hydrogen-bond acceptors (Lipinski definition) is 5. The highest BCUT2D eigenvalue weighted by Gasteiger charge is 2.26. The number of nitrogens with zero attached hydrogens (tertiary/aromatic N) is 3. The van der Waals surface area contributed by atoms with E-state index in [1.54, 1.807) is 7.11 Å². The number of aromatic nitrogens is 2. The van der Waals surface area contributed by atoms with Gasteiger partial charge in [0.25, 0.3) is 5.91 Å². The highest BCUT2D eigenvalue weighted by Crippen LogP contribution is 2.35. The number of anilines is 1. The van der Waals surface area contributed by atoms with E-state index in [0.29, 0.717) is 12.2 Å². The zero-order valence-corrected chi connectivity index (χ0v) is 20.3. The molecule has 2 heterocycles. The summed E-state index contributed by atoms with van der Waals surface area (Å²) in [5.74, 6) is 0.783. The molecule has 5 rings (SSSR count). The summed E-state index contributed by atoms with van der Waals surface area (Å²) in [5, 5.41) is 10.6. The van der Waals surface area contributed by atoms with Gasteiger partial charge in [-0.2, -0.15) is 5.10 Å². The minimum absolute atomic E-state index is 0.0697. The van der Waals surface area contributed by atoms with Crippen LogP contribution in [0, 0.1) is 13.8 Å². The number of ether oxygens (including phenoxy) is 1. The molecule has 1 aromatic heterocycles. The lowest BCUT2D eigenvalue weighted by Gasteiger charge is -2.37. The lowest BCUT2D eigenvalue weighted by molar-refractivity contribution is 0.0942. The summed E-state index contributed by atoms with van der Waals surface area (Å²) >= 11 is 0. The maximum Gasteiger partial charge on any atom is 0.269 e. The molecule has 1 amide bonds. The van der Waals surface area contributed by atoms with Crippen LogP contribution in [0.4, 0.5) is 5.69 Å². The number of carbonyl (C=O) groups is 1. The molecular weight excluding hydrogens is 426 g/mol. The van der Waals surface area contributed by atoms with E-state index in [1.807, 2.05) is 12.1 Å². The van der Waals surface area contributed by atoms with Crippen LogP contribution in [0.1, 0.15) is 32.7 Å². The fourth-order valence-corrected chi connectivity index (χ4v) is 5.12. The molecule has 1 saturated heterocycles. The summed E-state index contributed by atoms with van der Waals surface area (Å²) in [6.07, 6.45) is 1.68. The molecule has 1 fully saturated rings. The summed E-state index contributed by atoms with van der Waals surface area (Å²) in [5.41, 5.74) is 8.84. The molecular formula is C27H33N5O2. The van der Waals surface area contributed by atoms with Crippen molar-refractivity contribution < 1.29 is 9.53 Å². The van der Waals surface area contributed by atoms with Crippen molar-refractivity contribution in [2.45, 2.75) is 26.7 Å². The van der Waals surface area contributed by atoms with Crippen LogP contribution in [0.2, 0.25) is 0 Å². The van der Waals surface area contributed by atoms with Crippen molar-refractivity contribution in [3.05, 3.63) is 64.3 Å². The van der Waals surface area contributed by atoms with E-state index in [-0.39, 0.29) is 5.91 Å². The van der Waals surface area contributed by atoms with E-state index >= 15 is 0 Å². The second kappa shape index (κ2) is 9.50. The third-order valence-electron chi connectivity index (χ3n) is 7.31. The lowest BCUT2D eigenvalue weighted by Crippen LogP contribution is -2.48. The van der Waals surface area contributed by atoms with Gasteiger partial charge in [-0.15, -0.1) is 0 Å². The number of rotatable bonds is 6. The van der Waals surface area contributed by atoms with Crippen molar-refractivity contribution in [1.29, 1.82) is 0 Å². The fraction of sp³-hybridized carbons (Fsp3) is 0.407. The number of benzene rings is 2. The van der Waals surface area contributed by atoms with Gasteiger partial charge in [-0.05, 0) is 67.6 Å². The number of aromatic amines is 1. The summed E-state index contributed by atoms with van der Waals surface area (Å²) < 4.78 is 5.35. The van der Waals surface area contributed by atoms with E-state index in [2.05, 4.69) is 63.4 Å². The molecule has 34 heavy (non-hydrogen) atoms. The van der Waals surface area contributed by atoms with Crippen molar-refractivity contribution in [3.63, 3.8) is 0 Å². The Morgan fingerprint density at radius 2 is 1.94 bits per heavy atom. The number of fused-ring (bicyclic) bond motifs is 3. The molecule has 7 heteroatoms. The summed E-state index contributed by atoms with van der Waals surface area (Å²) in [6.45, 7) is 9.88. The number of carbonyl (C=O) groups excluding carboxylic acids is 1. The van der Waals surface area contributed by atoms with E-state index in [4.69, 9.17) is 4.74 Å². The second-order valence-corrected chi connectivity index (χ2v) is 9.25. The van der Waals surface area contributed by atoms with Crippen LogP contribution in [-0.2, 0) is 12.8 Å². The quantitative estimate of drug-likeness (QED) is 0.591. The Morgan fingerprint density at radius 3 is 2.74 bits per heavy atom. The van der Waals surface area contributed by atoms with E-state index in [1.165, 1.54) is 22.4 Å². The van der Waals surface area contributed by atoms with Gasteiger partial charge in [0.15, 0.2) is 0 Å². The minimum atomic E-state index is -0.0697. The van der Waals surface area contributed by atoms with Crippen LogP contribution in [0.25, 0.3) is 11.3 Å². The van der Waals surface area contributed by atoms with Crippen LogP contribution in [0.3, 0.4) is 0 Å². The number of H-pyrrole nitrogens is 1. The molecule has 0 radical (unpaired) electrons. The minimum Gasteiger partial charge on any atom is -0.497 e. The molecule has 0 bridgehead atoms. The first-order chi connectivity index (χ1) is 16.5. The first-order valence-electron chi connectivity index (χ1n) is 12.1. The maximum absolute atomic E-state index is 12.9. The number of methoxy groups -OCH3 is 1. The van der Waals surface area contributed by atoms with E-state index in [0.717, 1.165) is 68.1 Å². The van der Waals surface area contributed by atoms with Gasteiger partial charge in [0.2, 0.25) is 0 Å². The fourth-order valence-electron chi connectivity index (χ4n) is 5.12. The number of nitrogens with one attached hydrogen (secondary N) is 2. The number of aryl methyl sites for hydroxylation is 2. The zero-order valence-electron chi connectivity index (χ0n) is 20.3. The Kier molecular flexibility index (Phi) is 6.28. The third kappa shape index (κ3) is 4.28. The second-order valence-electron chi connectivity index (χ2n) is 9.25. The molecule has 1 aliphatic carbocycles. The average molecular weight is 460 g/mol. The van der Waals surface area contributed by atoms with Crippen LogP contribution in [-0.4, -0.2) is 67.4 Å². The Morgan fingerprint density at radius 1 is 1.12 bits per heavy atom. The molecule has 0 unspecified atom stereocenters. The maximum atomic E-state index is 12.9. The largest absolute Gasteiger partial charge is 0.497 e. The Labute approximate surface area is 201 Å². The SMILES string of the molecule is COc1ccc2c(c1)CCc1c-2n[nH]c1C(=O)NCCN1CCN(c2cccc(C)c2C)CC1. The Balaban J connectivity index is 1.15. The molecule has 2 aliphatic rings. The topological polar surface area (TPSA) is 73.5 Å². The summed E-state index contributed by atoms with van der Waals surface area (Å²) in [7, 11) is 1.68. The normalized spacial score (nSPS) is 15.6. The molecule has 7 nitrogen and oxygen atoms in total. The number of piperazine rings is 1. The highest BCUT2D eigenvalue weighted by molar-refractivity contribution is 5.96. The third-order valence-corrected chi connectivity index (χ3v) is 7.31. The predicted molar refractivity (Wildman–Crippen MR) is 135 cm³/mol. The van der Waals surface area contributed by atoms with Crippen LogP contribution >= 0.6 is 0 Å². The predicted octanol–water partition coefficient (Wildman–Crippen LogP) is 3.35. The van der Waals surface area contributed by atoms with Gasteiger partial charge in [0.05, 0.1) is 12.8 Å². The smallest absolute Gasteiger partial charge is 0.269 e. The monoisotopic (exact) mass is 459 g/mol. The van der Waals surface area contributed by atoms with Gasteiger partial charge in [-0.3, -0.25) is 14.8 Å². The molecule has 3 aromatic rings. The standard InChI is InChI=1S/C27H33N5O2/c1-18-5-4-6-24(19(18)2)32-15-13-31(14-16-32)12-11-28-27(33)26-23-9-7-20-17-21(34-3)8-10-22(20)25(23)29-30-26/h4-6,8,10,17H,7,9,11-16H2,1-3H3,(H,28,33)(H,29,30). The average Bonchev–Trinajstić information content (AvgIpc) is 3.30. The first kappa shape index (κ1) is 22.5. The number of hydrogen-bond donors (Lipinski definition) is 2. The van der Waals surface area contributed by atoms with E-state index in [9.17, 15) is 4.79 Å². The number of amides is 1. The Bertz CT molecular complexity index is 1190.